The maximum atomic E-state index is 12.7. The smallest absolute Gasteiger partial charge is 0.340 e. The molecule has 25 heavy (non-hydrogen) atoms. The second-order valence-electron chi connectivity index (χ2n) is 5.55. The molecule has 0 atom stereocenters. The molecule has 0 aliphatic heterocycles. The van der Waals surface area contributed by atoms with E-state index in [0.717, 1.165) is 12.8 Å². The Morgan fingerprint density at radius 2 is 1.92 bits per heavy atom. The number of hydrogen-bond acceptors (Lipinski definition) is 4. The van der Waals surface area contributed by atoms with Gasteiger partial charge in [0.15, 0.2) is 6.61 Å². The molecule has 0 aromatic carbocycles. The number of nitrogens with two attached hydrogens (primary N) is 1. The fraction of sp³-hybridized carbons (Fsp3) is 0.571. The molecule has 1 fully saturated rings. The number of anilines is 1. The van der Waals surface area contributed by atoms with Crippen LogP contribution >= 0.6 is 24.8 Å². The number of alkyl halides is 4. The molecule has 1 aromatic rings. The van der Waals surface area contributed by atoms with Crippen LogP contribution in [-0.2, 0) is 4.79 Å². The highest BCUT2D eigenvalue weighted by Crippen LogP contribution is 2.28. The van der Waals surface area contributed by atoms with Crippen LogP contribution in [0.25, 0.3) is 0 Å². The van der Waals surface area contributed by atoms with Gasteiger partial charge in [0.05, 0.1) is 17.4 Å². The van der Waals surface area contributed by atoms with Crippen LogP contribution in [0.4, 0.5) is 23.2 Å². The zero-order chi connectivity index (χ0) is 17.1. The highest BCUT2D eigenvalue weighted by molar-refractivity contribution is 5.98. The Kier molecular flexibility index (Phi) is 8.90. The van der Waals surface area contributed by atoms with E-state index in [9.17, 15) is 22.4 Å². The van der Waals surface area contributed by atoms with Gasteiger partial charge in [0.25, 0.3) is 0 Å². The molecule has 0 unspecified atom stereocenters. The molecular formula is C14H19Cl2F4N3O2. The molecule has 3 N–H and O–H groups in total. The predicted molar refractivity (Wildman–Crippen MR) is 89.2 cm³/mol. The molecule has 1 aliphatic carbocycles. The first-order valence-corrected chi connectivity index (χ1v) is 7.08. The van der Waals surface area contributed by atoms with E-state index in [-0.39, 0.29) is 36.6 Å². The molecule has 1 aromatic heterocycles. The van der Waals surface area contributed by atoms with Gasteiger partial charge in [0.1, 0.15) is 0 Å². The first-order chi connectivity index (χ1) is 10.7. The standard InChI is InChI=1S/C14H17F4N3O2.2ClH/c15-11(16)14(17,18)8-23-10-4-3-9(7-20-10)21-12(22)13(19)5-1-2-6-13;;/h3-4,7,11H,1-2,5-6,8,19H2,(H,21,22);2*1H. The van der Waals surface area contributed by atoms with Crippen molar-refractivity contribution in [1.82, 2.24) is 4.98 Å². The van der Waals surface area contributed by atoms with E-state index in [2.05, 4.69) is 15.0 Å². The Hall–Kier alpha value is -1.32. The average Bonchev–Trinajstić information content (AvgIpc) is 2.95. The number of halogens is 6. The van der Waals surface area contributed by atoms with Crippen molar-refractivity contribution in [3.05, 3.63) is 18.3 Å². The second-order valence-corrected chi connectivity index (χ2v) is 5.55. The Balaban J connectivity index is 0.00000288. The van der Waals surface area contributed by atoms with E-state index in [1.165, 1.54) is 18.3 Å². The number of aromatic nitrogens is 1. The number of nitrogens with one attached hydrogen (secondary N) is 1. The molecular weight excluding hydrogens is 389 g/mol. The van der Waals surface area contributed by atoms with Gasteiger partial charge in [0.2, 0.25) is 11.8 Å². The number of pyridine rings is 1. The highest BCUT2D eigenvalue weighted by Gasteiger charge is 2.42. The topological polar surface area (TPSA) is 77.2 Å². The SMILES string of the molecule is Cl.Cl.NC1(C(=O)Nc2ccc(OCC(F)(F)C(F)F)nc2)CCCC1. The van der Waals surface area contributed by atoms with Gasteiger partial charge in [-0.25, -0.2) is 13.8 Å². The van der Waals surface area contributed by atoms with Crippen LogP contribution in [0.2, 0.25) is 0 Å². The molecule has 0 bridgehead atoms. The average molecular weight is 408 g/mol. The Morgan fingerprint density at radius 3 is 2.40 bits per heavy atom. The third kappa shape index (κ3) is 6.16. The third-order valence-corrected chi connectivity index (χ3v) is 3.67. The van der Waals surface area contributed by atoms with Gasteiger partial charge in [-0.2, -0.15) is 8.78 Å². The lowest BCUT2D eigenvalue weighted by Crippen LogP contribution is -2.48. The fourth-order valence-electron chi connectivity index (χ4n) is 2.26. The van der Waals surface area contributed by atoms with Crippen molar-refractivity contribution in [2.24, 2.45) is 5.73 Å². The largest absolute Gasteiger partial charge is 0.471 e. The number of amides is 1. The number of carbonyl (C=O) groups is 1. The van der Waals surface area contributed by atoms with Gasteiger partial charge in [-0.3, -0.25) is 4.79 Å². The first kappa shape index (κ1) is 23.7. The van der Waals surface area contributed by atoms with Crippen molar-refractivity contribution in [3.63, 3.8) is 0 Å². The molecule has 11 heteroatoms. The quantitative estimate of drug-likeness (QED) is 0.708. The van der Waals surface area contributed by atoms with Gasteiger partial charge < -0.3 is 15.8 Å². The van der Waals surface area contributed by atoms with Crippen molar-refractivity contribution in [1.29, 1.82) is 0 Å². The van der Waals surface area contributed by atoms with Gasteiger partial charge in [-0.15, -0.1) is 24.8 Å². The highest BCUT2D eigenvalue weighted by atomic mass is 35.5. The van der Waals surface area contributed by atoms with Crippen LogP contribution in [0.15, 0.2) is 18.3 Å². The maximum Gasteiger partial charge on any atom is 0.340 e. The fourth-order valence-corrected chi connectivity index (χ4v) is 2.26. The summed E-state index contributed by atoms with van der Waals surface area (Å²) in [5.41, 5.74) is 5.40. The summed E-state index contributed by atoms with van der Waals surface area (Å²) in [4.78, 5) is 15.8. The van der Waals surface area contributed by atoms with Crippen LogP contribution in [0, 0.1) is 0 Å². The van der Waals surface area contributed by atoms with Crippen molar-refractivity contribution >= 4 is 36.4 Å². The summed E-state index contributed by atoms with van der Waals surface area (Å²) in [7, 11) is 0. The minimum atomic E-state index is -4.25. The van der Waals surface area contributed by atoms with Crippen molar-refractivity contribution in [2.45, 2.75) is 43.6 Å². The molecule has 1 heterocycles. The number of carbonyl (C=O) groups excluding carboxylic acids is 1. The molecule has 144 valence electrons. The zero-order valence-electron chi connectivity index (χ0n) is 13.0. The summed E-state index contributed by atoms with van der Waals surface area (Å²) >= 11 is 0. The van der Waals surface area contributed by atoms with Crippen LogP contribution in [0.1, 0.15) is 25.7 Å². The minimum absolute atomic E-state index is 0. The summed E-state index contributed by atoms with van der Waals surface area (Å²) < 4.78 is 54.0. The Labute approximate surface area is 154 Å². The van der Waals surface area contributed by atoms with Crippen molar-refractivity contribution in [2.75, 3.05) is 11.9 Å². The summed E-state index contributed by atoms with van der Waals surface area (Å²) in [5, 5.41) is 2.59. The minimum Gasteiger partial charge on any atom is -0.471 e. The van der Waals surface area contributed by atoms with E-state index >= 15 is 0 Å². The van der Waals surface area contributed by atoms with Gasteiger partial charge in [0, 0.05) is 6.07 Å². The van der Waals surface area contributed by atoms with E-state index in [4.69, 9.17) is 5.73 Å². The maximum absolute atomic E-state index is 12.7. The molecule has 0 saturated heterocycles. The molecule has 5 nitrogen and oxygen atoms in total. The summed E-state index contributed by atoms with van der Waals surface area (Å²) in [6, 6.07) is 2.58. The predicted octanol–water partition coefficient (Wildman–Crippen LogP) is 3.41. The van der Waals surface area contributed by atoms with Crippen LogP contribution in [0.3, 0.4) is 0 Å². The van der Waals surface area contributed by atoms with E-state index in [1.54, 1.807) is 0 Å². The number of rotatable bonds is 6. The van der Waals surface area contributed by atoms with Gasteiger partial charge >= 0.3 is 12.3 Å². The van der Waals surface area contributed by atoms with Crippen LogP contribution in [-0.4, -0.2) is 35.4 Å². The second kappa shape index (κ2) is 9.40. The third-order valence-electron chi connectivity index (χ3n) is 3.67. The lowest BCUT2D eigenvalue weighted by atomic mass is 9.98. The summed E-state index contributed by atoms with van der Waals surface area (Å²) in [5.74, 6) is -4.83. The van der Waals surface area contributed by atoms with Crippen LogP contribution < -0.4 is 15.8 Å². The molecule has 0 spiro atoms. The Bertz CT molecular complexity index is 556. The van der Waals surface area contributed by atoms with Gasteiger partial charge in [-0.05, 0) is 18.9 Å². The zero-order valence-corrected chi connectivity index (χ0v) is 14.6. The monoisotopic (exact) mass is 407 g/mol. The molecule has 0 radical (unpaired) electrons. The first-order valence-electron chi connectivity index (χ1n) is 7.08. The normalized spacial score (nSPS) is 15.9. The van der Waals surface area contributed by atoms with E-state index in [0.29, 0.717) is 18.5 Å². The lowest BCUT2D eigenvalue weighted by molar-refractivity contribution is -0.148. The molecule has 1 aliphatic rings. The van der Waals surface area contributed by atoms with Gasteiger partial charge in [-0.1, -0.05) is 12.8 Å². The number of nitrogens with zero attached hydrogens (tertiary/aromatic N) is 1. The van der Waals surface area contributed by atoms with Crippen molar-refractivity contribution in [3.8, 4) is 5.88 Å². The van der Waals surface area contributed by atoms with E-state index in [1.807, 2.05) is 0 Å². The summed E-state index contributed by atoms with van der Waals surface area (Å²) in [6.45, 7) is -1.48. The Morgan fingerprint density at radius 1 is 1.32 bits per heavy atom. The lowest BCUT2D eigenvalue weighted by Gasteiger charge is -2.22. The van der Waals surface area contributed by atoms with Crippen LogP contribution in [0.5, 0.6) is 5.88 Å². The molecule has 2 rings (SSSR count). The molecule has 1 amide bonds. The number of ether oxygens (including phenoxy) is 1. The van der Waals surface area contributed by atoms with E-state index < -0.39 is 24.5 Å². The summed E-state index contributed by atoms with van der Waals surface area (Å²) in [6.07, 6.45) is 0.326. The van der Waals surface area contributed by atoms with Crippen molar-refractivity contribution < 1.29 is 27.1 Å². The molecule has 1 saturated carbocycles. The number of hydrogen-bond donors (Lipinski definition) is 2.